The second-order valence-corrected chi connectivity index (χ2v) is 5.55. The highest BCUT2D eigenvalue weighted by Crippen LogP contribution is 2.15. The molecule has 0 spiro atoms. The summed E-state index contributed by atoms with van der Waals surface area (Å²) in [4.78, 5) is 11.8. The van der Waals surface area contributed by atoms with Gasteiger partial charge in [0, 0.05) is 15.9 Å². The Labute approximate surface area is 105 Å². The smallest absolute Gasteiger partial charge is 0.140 e. The number of hydrogen-bond donors (Lipinski definition) is 0. The van der Waals surface area contributed by atoms with E-state index in [1.54, 1.807) is 0 Å². The predicted octanol–water partition coefficient (Wildman–Crippen LogP) is 3.69. The Morgan fingerprint density at radius 1 is 1.20 bits per heavy atom. The maximum atomic E-state index is 11.8. The molecule has 0 aromatic heterocycles. The lowest BCUT2D eigenvalue weighted by atomic mass is 9.90. The second-order valence-electron chi connectivity index (χ2n) is 4.30. The first-order valence-electron chi connectivity index (χ1n) is 5.28. The van der Waals surface area contributed by atoms with Gasteiger partial charge in [0.2, 0.25) is 0 Å². The highest BCUT2D eigenvalue weighted by atomic mass is 127. The van der Waals surface area contributed by atoms with Crippen LogP contribution in [0.5, 0.6) is 0 Å². The number of benzene rings is 1. The highest BCUT2D eigenvalue weighted by Gasteiger charge is 2.16. The monoisotopic (exact) mass is 316 g/mol. The molecule has 0 amide bonds. The Morgan fingerprint density at radius 2 is 1.73 bits per heavy atom. The first-order chi connectivity index (χ1) is 7.00. The molecule has 1 unspecified atom stereocenters. The van der Waals surface area contributed by atoms with Crippen molar-refractivity contribution in [2.75, 3.05) is 0 Å². The van der Waals surface area contributed by atoms with Crippen LogP contribution in [0.15, 0.2) is 24.3 Å². The van der Waals surface area contributed by atoms with Crippen molar-refractivity contribution in [3.05, 3.63) is 33.4 Å². The lowest BCUT2D eigenvalue weighted by molar-refractivity contribution is -0.122. The Balaban J connectivity index is 2.62. The average molecular weight is 316 g/mol. The molecule has 0 radical (unpaired) electrons. The molecule has 15 heavy (non-hydrogen) atoms. The number of hydrogen-bond acceptors (Lipinski definition) is 1. The SMILES string of the molecule is CC(C)C(C)C(=O)Cc1ccc(I)cc1. The molecule has 0 aliphatic heterocycles. The van der Waals surface area contributed by atoms with Gasteiger partial charge in [0.25, 0.3) is 0 Å². The molecule has 1 atom stereocenters. The van der Waals surface area contributed by atoms with Gasteiger partial charge in [-0.1, -0.05) is 32.9 Å². The summed E-state index contributed by atoms with van der Waals surface area (Å²) in [5, 5.41) is 0. The molecule has 0 aliphatic rings. The summed E-state index contributed by atoms with van der Waals surface area (Å²) in [6.07, 6.45) is 0.566. The zero-order valence-electron chi connectivity index (χ0n) is 9.46. The van der Waals surface area contributed by atoms with E-state index in [0.29, 0.717) is 18.1 Å². The van der Waals surface area contributed by atoms with E-state index >= 15 is 0 Å². The number of halogens is 1. The van der Waals surface area contributed by atoms with Crippen LogP contribution in [0.2, 0.25) is 0 Å². The van der Waals surface area contributed by atoms with Gasteiger partial charge in [-0.3, -0.25) is 4.79 Å². The number of ketones is 1. The molecule has 1 rings (SSSR count). The fourth-order valence-electron chi connectivity index (χ4n) is 1.34. The van der Waals surface area contributed by atoms with Gasteiger partial charge in [-0.15, -0.1) is 0 Å². The van der Waals surface area contributed by atoms with E-state index in [4.69, 9.17) is 0 Å². The third-order valence-electron chi connectivity index (χ3n) is 2.80. The molecule has 1 aromatic rings. The number of rotatable bonds is 4. The third-order valence-corrected chi connectivity index (χ3v) is 3.52. The molecule has 0 bridgehead atoms. The van der Waals surface area contributed by atoms with Gasteiger partial charge in [0.1, 0.15) is 5.78 Å². The van der Waals surface area contributed by atoms with Gasteiger partial charge in [-0.25, -0.2) is 0 Å². The summed E-state index contributed by atoms with van der Waals surface area (Å²) in [6, 6.07) is 8.16. The Kier molecular flexibility index (Phi) is 4.77. The summed E-state index contributed by atoms with van der Waals surface area (Å²) in [6.45, 7) is 6.20. The molecular weight excluding hydrogens is 299 g/mol. The Bertz CT molecular complexity index is 327. The van der Waals surface area contributed by atoms with E-state index in [1.165, 1.54) is 3.57 Å². The van der Waals surface area contributed by atoms with E-state index in [1.807, 2.05) is 31.2 Å². The van der Waals surface area contributed by atoms with Gasteiger partial charge < -0.3 is 0 Å². The highest BCUT2D eigenvalue weighted by molar-refractivity contribution is 14.1. The first-order valence-corrected chi connectivity index (χ1v) is 6.35. The van der Waals surface area contributed by atoms with Crippen LogP contribution in [0.1, 0.15) is 26.3 Å². The molecule has 0 saturated heterocycles. The van der Waals surface area contributed by atoms with Crippen molar-refractivity contribution in [1.82, 2.24) is 0 Å². The van der Waals surface area contributed by atoms with Gasteiger partial charge in [-0.05, 0) is 46.2 Å². The fourth-order valence-corrected chi connectivity index (χ4v) is 1.70. The van der Waals surface area contributed by atoms with E-state index in [-0.39, 0.29) is 5.92 Å². The van der Waals surface area contributed by atoms with E-state index in [2.05, 4.69) is 36.4 Å². The summed E-state index contributed by atoms with van der Waals surface area (Å²) < 4.78 is 1.21. The molecule has 2 heteroatoms. The number of Topliss-reactive ketones (excluding diaryl/α,β-unsaturated/α-hetero) is 1. The van der Waals surface area contributed by atoms with Crippen molar-refractivity contribution in [3.63, 3.8) is 0 Å². The molecule has 1 aromatic carbocycles. The Hall–Kier alpha value is -0.380. The molecule has 0 fully saturated rings. The van der Waals surface area contributed by atoms with Crippen molar-refractivity contribution >= 4 is 28.4 Å². The molecule has 0 saturated carbocycles. The fraction of sp³-hybridized carbons (Fsp3) is 0.462. The van der Waals surface area contributed by atoms with E-state index in [0.717, 1.165) is 5.56 Å². The first kappa shape index (κ1) is 12.7. The quantitative estimate of drug-likeness (QED) is 0.774. The zero-order valence-corrected chi connectivity index (χ0v) is 11.6. The molecule has 0 aliphatic carbocycles. The average Bonchev–Trinajstić information content (AvgIpc) is 2.20. The van der Waals surface area contributed by atoms with Crippen LogP contribution in [-0.2, 0) is 11.2 Å². The largest absolute Gasteiger partial charge is 0.299 e. The minimum atomic E-state index is 0.157. The van der Waals surface area contributed by atoms with Crippen LogP contribution >= 0.6 is 22.6 Å². The number of carbonyl (C=O) groups is 1. The molecule has 0 heterocycles. The molecule has 0 N–H and O–H groups in total. The van der Waals surface area contributed by atoms with Crippen LogP contribution in [0.4, 0.5) is 0 Å². The Morgan fingerprint density at radius 3 is 2.20 bits per heavy atom. The molecule has 82 valence electrons. The minimum absolute atomic E-state index is 0.157. The van der Waals surface area contributed by atoms with Crippen molar-refractivity contribution in [2.45, 2.75) is 27.2 Å². The lowest BCUT2D eigenvalue weighted by Gasteiger charge is -2.13. The van der Waals surface area contributed by atoms with Crippen LogP contribution in [0, 0.1) is 15.4 Å². The summed E-state index contributed by atoms with van der Waals surface area (Å²) in [7, 11) is 0. The van der Waals surface area contributed by atoms with Crippen molar-refractivity contribution in [1.29, 1.82) is 0 Å². The summed E-state index contributed by atoms with van der Waals surface area (Å²) in [5.41, 5.74) is 1.12. The predicted molar refractivity (Wildman–Crippen MR) is 71.9 cm³/mol. The van der Waals surface area contributed by atoms with Crippen molar-refractivity contribution in [3.8, 4) is 0 Å². The normalized spacial score (nSPS) is 12.9. The van der Waals surface area contributed by atoms with Crippen molar-refractivity contribution < 1.29 is 4.79 Å². The minimum Gasteiger partial charge on any atom is -0.299 e. The van der Waals surface area contributed by atoms with Crippen molar-refractivity contribution in [2.24, 2.45) is 11.8 Å². The summed E-state index contributed by atoms with van der Waals surface area (Å²) >= 11 is 2.27. The zero-order chi connectivity index (χ0) is 11.4. The van der Waals surface area contributed by atoms with Crippen LogP contribution in [0.25, 0.3) is 0 Å². The third kappa shape index (κ3) is 3.93. The van der Waals surface area contributed by atoms with Gasteiger partial charge in [-0.2, -0.15) is 0 Å². The van der Waals surface area contributed by atoms with Crippen LogP contribution in [-0.4, -0.2) is 5.78 Å². The topological polar surface area (TPSA) is 17.1 Å². The second kappa shape index (κ2) is 5.64. The van der Waals surface area contributed by atoms with Crippen LogP contribution in [0.3, 0.4) is 0 Å². The van der Waals surface area contributed by atoms with Gasteiger partial charge in [0.15, 0.2) is 0 Å². The molecular formula is C13H17IO. The van der Waals surface area contributed by atoms with E-state index < -0.39 is 0 Å². The lowest BCUT2D eigenvalue weighted by Crippen LogP contribution is -2.18. The number of carbonyl (C=O) groups excluding carboxylic acids is 1. The standard InChI is InChI=1S/C13H17IO/c1-9(2)10(3)13(15)8-11-4-6-12(14)7-5-11/h4-7,9-10H,8H2,1-3H3. The maximum Gasteiger partial charge on any atom is 0.140 e. The molecule has 1 nitrogen and oxygen atoms in total. The van der Waals surface area contributed by atoms with E-state index in [9.17, 15) is 4.79 Å². The van der Waals surface area contributed by atoms with Crippen LogP contribution < -0.4 is 0 Å². The summed E-state index contributed by atoms with van der Waals surface area (Å²) in [5.74, 6) is 0.928. The van der Waals surface area contributed by atoms with Gasteiger partial charge >= 0.3 is 0 Å². The van der Waals surface area contributed by atoms with Gasteiger partial charge in [0.05, 0.1) is 0 Å². The maximum absolute atomic E-state index is 11.8.